The van der Waals surface area contributed by atoms with E-state index in [9.17, 15) is 33.6 Å². The van der Waals surface area contributed by atoms with Gasteiger partial charge < -0.3 is 30.3 Å². The molecule has 2 aromatic carbocycles. The molecule has 67 heavy (non-hydrogen) atoms. The van der Waals surface area contributed by atoms with Crippen LogP contribution < -0.4 is 16.0 Å². The van der Waals surface area contributed by atoms with Crippen molar-refractivity contribution in [3.05, 3.63) is 82.2 Å². The largest absolute Gasteiger partial charge is 0.460 e. The van der Waals surface area contributed by atoms with E-state index in [4.69, 9.17) is 9.47 Å². The molecule has 3 N–H and O–H groups in total. The Balaban J connectivity index is 1.43. The van der Waals surface area contributed by atoms with Crippen LogP contribution >= 0.6 is 0 Å². The molecule has 3 aliphatic carbocycles. The third-order valence-electron chi connectivity index (χ3n) is 12.2. The third-order valence-corrected chi connectivity index (χ3v) is 12.2. The van der Waals surface area contributed by atoms with Gasteiger partial charge in [0.2, 0.25) is 5.91 Å². The molecular formula is C54H74N4O9. The lowest BCUT2D eigenvalue weighted by Crippen LogP contribution is -2.52. The van der Waals surface area contributed by atoms with Gasteiger partial charge >= 0.3 is 12.1 Å². The van der Waals surface area contributed by atoms with E-state index in [2.05, 4.69) is 16.0 Å². The maximum atomic E-state index is 14.9. The van der Waals surface area contributed by atoms with Crippen molar-refractivity contribution >= 4 is 41.1 Å². The molecule has 2 amide bonds. The molecule has 2 saturated carbocycles. The molecule has 0 bridgehead atoms. The molecule has 0 saturated heterocycles. The number of amides is 2. The second-order valence-corrected chi connectivity index (χ2v) is 22.0. The second-order valence-electron chi connectivity index (χ2n) is 22.0. The number of allylic oxidation sites excluding steroid dienone is 4. The number of alkyl carbamates (subject to hydrolysis) is 1. The van der Waals surface area contributed by atoms with Crippen molar-refractivity contribution in [2.45, 2.75) is 145 Å². The van der Waals surface area contributed by atoms with Crippen LogP contribution in [0.3, 0.4) is 0 Å². The minimum atomic E-state index is -1.22. The van der Waals surface area contributed by atoms with Crippen LogP contribution in [0.25, 0.3) is 11.1 Å². The van der Waals surface area contributed by atoms with Gasteiger partial charge in [0.25, 0.3) is 0 Å². The van der Waals surface area contributed by atoms with E-state index in [0.717, 1.165) is 22.3 Å². The molecule has 0 aromatic heterocycles. The summed E-state index contributed by atoms with van der Waals surface area (Å²) in [6, 6.07) is 14.7. The van der Waals surface area contributed by atoms with Crippen LogP contribution in [0.5, 0.6) is 0 Å². The first kappa shape index (κ1) is 52.4. The maximum Gasteiger partial charge on any atom is 0.407 e. The number of nitrogens with zero attached hydrogens (tertiary/aromatic N) is 1. The van der Waals surface area contributed by atoms with Crippen LogP contribution in [0, 0.1) is 22.7 Å². The van der Waals surface area contributed by atoms with Gasteiger partial charge in [0, 0.05) is 75.6 Å². The van der Waals surface area contributed by atoms with Gasteiger partial charge in [-0.15, -0.1) is 0 Å². The van der Waals surface area contributed by atoms with Crippen LogP contribution in [0.1, 0.15) is 145 Å². The Labute approximate surface area is 397 Å². The van der Waals surface area contributed by atoms with Gasteiger partial charge in [-0.2, -0.15) is 0 Å². The van der Waals surface area contributed by atoms with Crippen molar-refractivity contribution < 1.29 is 43.0 Å². The highest BCUT2D eigenvalue weighted by atomic mass is 16.6. The summed E-state index contributed by atoms with van der Waals surface area (Å²) >= 11 is 0. The second kappa shape index (κ2) is 22.0. The Kier molecular flexibility index (Phi) is 17.2. The lowest BCUT2D eigenvalue weighted by Gasteiger charge is -2.32. The first-order valence-electron chi connectivity index (χ1n) is 24.0. The number of rotatable bonds is 19. The molecule has 2 fully saturated rings. The molecule has 0 radical (unpaired) electrons. The summed E-state index contributed by atoms with van der Waals surface area (Å²) in [7, 11) is 0. The number of ether oxygens (including phenoxy) is 2. The number of hydrogen-bond donors (Lipinski definition) is 3. The predicted molar refractivity (Wildman–Crippen MR) is 259 cm³/mol. The molecule has 0 heterocycles. The third kappa shape index (κ3) is 14.5. The molecule has 1 unspecified atom stereocenters. The first-order valence-corrected chi connectivity index (χ1v) is 24.0. The van der Waals surface area contributed by atoms with Crippen molar-refractivity contribution in [1.82, 2.24) is 20.9 Å². The molecule has 5 rings (SSSR count). The number of hydrogen-bond acceptors (Lipinski definition) is 11. The standard InChI is InChI=1S/C54H74N4O9/c1-33(2)26-41(48-43(59)28-53(8,9)29-44(48)60)55-22-24-58(25-23-56-42(27-34(3)4)49-45(61)30-54(10,11)31-46(49)62)50(64)40(20-21-47(63)67-52(5,6)7)57-51(65)66-32-39-37-18-14-12-16-35(37)36-17-13-15-19-38(36)39/h12-19,33-34,39-40,55-56H,20-32H2,1-11H3,(H,57,65). The molecule has 1 atom stereocenters. The van der Waals surface area contributed by atoms with E-state index in [1.807, 2.05) is 104 Å². The first-order chi connectivity index (χ1) is 31.3. The number of carbonyl (C=O) groups is 7. The summed E-state index contributed by atoms with van der Waals surface area (Å²) in [5.74, 6) is -1.91. The Morgan fingerprint density at radius 1 is 0.687 bits per heavy atom. The van der Waals surface area contributed by atoms with Gasteiger partial charge in [0.15, 0.2) is 23.1 Å². The molecular weight excluding hydrogens is 849 g/mol. The Morgan fingerprint density at radius 2 is 1.10 bits per heavy atom. The summed E-state index contributed by atoms with van der Waals surface area (Å²) in [6.45, 7) is 21.3. The number of carbonyl (C=O) groups excluding carboxylic acids is 7. The Bertz CT molecular complexity index is 2110. The fraction of sp³-hybridized carbons (Fsp3) is 0.574. The topological polar surface area (TPSA) is 177 Å². The number of esters is 1. The van der Waals surface area contributed by atoms with Crippen LogP contribution in [-0.2, 0) is 38.2 Å². The molecule has 13 heteroatoms. The molecule has 0 spiro atoms. The zero-order valence-corrected chi connectivity index (χ0v) is 41.7. The minimum Gasteiger partial charge on any atom is -0.460 e. The molecule has 3 aliphatic rings. The smallest absolute Gasteiger partial charge is 0.407 e. The number of nitrogens with one attached hydrogen (secondary N) is 3. The van der Waals surface area contributed by atoms with E-state index in [1.54, 1.807) is 25.7 Å². The van der Waals surface area contributed by atoms with E-state index < -0.39 is 40.4 Å². The number of Topliss-reactive ketones (excluding diaryl/α,β-unsaturated/α-hetero) is 4. The number of ketones is 4. The van der Waals surface area contributed by atoms with Crippen molar-refractivity contribution in [2.75, 3.05) is 32.8 Å². The molecule has 2 aromatic rings. The minimum absolute atomic E-state index is 0.00816. The van der Waals surface area contributed by atoms with Crippen LogP contribution in [0.2, 0.25) is 0 Å². The zero-order valence-electron chi connectivity index (χ0n) is 41.7. The lowest BCUT2D eigenvalue weighted by molar-refractivity contribution is -0.155. The lowest BCUT2D eigenvalue weighted by atomic mass is 9.73. The Hall–Kier alpha value is -5.59. The number of benzene rings is 2. The highest BCUT2D eigenvalue weighted by Crippen LogP contribution is 2.44. The Morgan fingerprint density at radius 3 is 1.51 bits per heavy atom. The summed E-state index contributed by atoms with van der Waals surface area (Å²) < 4.78 is 11.5. The average Bonchev–Trinajstić information content (AvgIpc) is 3.51. The monoisotopic (exact) mass is 923 g/mol. The van der Waals surface area contributed by atoms with Crippen molar-refractivity contribution in [3.63, 3.8) is 0 Å². The summed E-state index contributed by atoms with van der Waals surface area (Å²) in [5, 5.41) is 9.49. The summed E-state index contributed by atoms with van der Waals surface area (Å²) in [4.78, 5) is 97.3. The maximum absolute atomic E-state index is 14.9. The fourth-order valence-corrected chi connectivity index (χ4v) is 9.47. The van der Waals surface area contributed by atoms with Crippen molar-refractivity contribution in [2.24, 2.45) is 22.7 Å². The van der Waals surface area contributed by atoms with Gasteiger partial charge in [0.1, 0.15) is 18.2 Å². The van der Waals surface area contributed by atoms with Crippen molar-refractivity contribution in [1.29, 1.82) is 0 Å². The van der Waals surface area contributed by atoms with E-state index >= 15 is 0 Å². The van der Waals surface area contributed by atoms with Crippen LogP contribution in [-0.4, -0.2) is 90.4 Å². The van der Waals surface area contributed by atoms with Gasteiger partial charge in [-0.25, -0.2) is 4.79 Å². The van der Waals surface area contributed by atoms with E-state index in [1.165, 1.54) is 0 Å². The van der Waals surface area contributed by atoms with Gasteiger partial charge in [0.05, 0.1) is 11.1 Å². The van der Waals surface area contributed by atoms with Crippen molar-refractivity contribution in [3.8, 4) is 11.1 Å². The van der Waals surface area contributed by atoms with E-state index in [0.29, 0.717) is 24.2 Å². The molecule has 0 aliphatic heterocycles. The molecule has 364 valence electrons. The van der Waals surface area contributed by atoms with Gasteiger partial charge in [-0.1, -0.05) is 104 Å². The van der Waals surface area contributed by atoms with Crippen LogP contribution in [0.4, 0.5) is 4.79 Å². The average molecular weight is 923 g/mol. The predicted octanol–water partition coefficient (Wildman–Crippen LogP) is 8.54. The summed E-state index contributed by atoms with van der Waals surface area (Å²) in [6.07, 6.45) is 0.733. The quantitative estimate of drug-likeness (QED) is 0.0699. The summed E-state index contributed by atoms with van der Waals surface area (Å²) in [5.41, 5.74) is 3.93. The van der Waals surface area contributed by atoms with Crippen LogP contribution in [0.15, 0.2) is 71.1 Å². The van der Waals surface area contributed by atoms with E-state index in [-0.39, 0.29) is 123 Å². The SMILES string of the molecule is CC(C)CC(NCCN(CCNC(CC(C)C)=C1C(=O)CC(C)(C)CC1=O)C(=O)C(CCC(=O)OC(C)(C)C)NC(=O)OCC1c2ccccc2-c2ccccc21)=C1C(=O)CC(C)(C)CC1=O. The zero-order chi connectivity index (χ0) is 49.4. The highest BCUT2D eigenvalue weighted by Gasteiger charge is 2.39. The number of fused-ring (bicyclic) bond motifs is 3. The van der Waals surface area contributed by atoms with Gasteiger partial charge in [-0.05, 0) is 85.0 Å². The highest BCUT2D eigenvalue weighted by molar-refractivity contribution is 6.23. The normalized spacial score (nSPS) is 17.2. The molecule has 13 nitrogen and oxygen atoms in total. The van der Waals surface area contributed by atoms with Gasteiger partial charge in [-0.3, -0.25) is 28.8 Å². The fourth-order valence-electron chi connectivity index (χ4n) is 9.47.